The van der Waals surface area contributed by atoms with Crippen molar-refractivity contribution in [3.05, 3.63) is 100 Å². The molecule has 0 radical (unpaired) electrons. The third kappa shape index (κ3) is 3.28. The summed E-state index contributed by atoms with van der Waals surface area (Å²) in [4.78, 5) is 25.5. The van der Waals surface area contributed by atoms with Crippen LogP contribution >= 0.6 is 0 Å². The Balaban J connectivity index is 1.46. The number of para-hydroxylation sites is 1. The average Bonchev–Trinajstić information content (AvgIpc) is 3.28. The molecule has 158 valence electrons. The van der Waals surface area contributed by atoms with Gasteiger partial charge in [0.1, 0.15) is 11.5 Å². The van der Waals surface area contributed by atoms with Crippen molar-refractivity contribution in [1.29, 1.82) is 0 Å². The van der Waals surface area contributed by atoms with Crippen molar-refractivity contribution in [2.45, 2.75) is 13.8 Å². The number of aryl methyl sites for hydroxylation is 2. The molecule has 0 amide bonds. The van der Waals surface area contributed by atoms with Crippen molar-refractivity contribution in [2.24, 2.45) is 7.05 Å². The molecule has 0 saturated carbocycles. The van der Waals surface area contributed by atoms with Crippen LogP contribution in [0.4, 0.5) is 0 Å². The summed E-state index contributed by atoms with van der Waals surface area (Å²) in [5.74, 6) is 0.405. The maximum absolute atomic E-state index is 13.0. The van der Waals surface area contributed by atoms with Gasteiger partial charge in [-0.15, -0.1) is 0 Å². The van der Waals surface area contributed by atoms with E-state index in [1.54, 1.807) is 37.3 Å². The van der Waals surface area contributed by atoms with Crippen LogP contribution in [0.3, 0.4) is 0 Å². The lowest BCUT2D eigenvalue weighted by Gasteiger charge is -2.10. The number of ether oxygens (including phenoxy) is 2. The third-order valence-corrected chi connectivity index (χ3v) is 5.74. The van der Waals surface area contributed by atoms with Crippen LogP contribution in [-0.2, 0) is 7.05 Å². The zero-order valence-corrected chi connectivity index (χ0v) is 18.0. The minimum absolute atomic E-state index is 0.188. The van der Waals surface area contributed by atoms with Gasteiger partial charge in [-0.3, -0.25) is 4.79 Å². The molecule has 0 fully saturated rings. The fraction of sp³-hybridized carbons (Fsp3) is 0.111. The Labute approximate surface area is 185 Å². The summed E-state index contributed by atoms with van der Waals surface area (Å²) >= 11 is 0. The highest BCUT2D eigenvalue weighted by Crippen LogP contribution is 2.40. The van der Waals surface area contributed by atoms with Crippen molar-refractivity contribution in [3.63, 3.8) is 0 Å². The summed E-state index contributed by atoms with van der Waals surface area (Å²) in [6.07, 6.45) is 3.74. The number of esters is 1. The van der Waals surface area contributed by atoms with E-state index < -0.39 is 5.97 Å². The number of benzene rings is 3. The fourth-order valence-electron chi connectivity index (χ4n) is 3.96. The van der Waals surface area contributed by atoms with Crippen molar-refractivity contribution in [3.8, 4) is 11.5 Å². The van der Waals surface area contributed by atoms with Crippen molar-refractivity contribution >= 4 is 28.7 Å². The second kappa shape index (κ2) is 7.54. The van der Waals surface area contributed by atoms with Gasteiger partial charge in [0.2, 0.25) is 5.78 Å². The summed E-state index contributed by atoms with van der Waals surface area (Å²) in [6, 6.07) is 18.5. The van der Waals surface area contributed by atoms with E-state index in [0.29, 0.717) is 28.2 Å². The zero-order chi connectivity index (χ0) is 22.4. The van der Waals surface area contributed by atoms with Crippen LogP contribution in [0.2, 0.25) is 0 Å². The van der Waals surface area contributed by atoms with Crippen LogP contribution in [0.5, 0.6) is 11.5 Å². The number of carbonyl (C=O) groups excluding carboxylic acids is 2. The van der Waals surface area contributed by atoms with Crippen molar-refractivity contribution < 1.29 is 19.1 Å². The highest BCUT2D eigenvalue weighted by atomic mass is 16.5. The Morgan fingerprint density at radius 2 is 1.75 bits per heavy atom. The first kappa shape index (κ1) is 19.8. The molecule has 5 nitrogen and oxygen atoms in total. The molecule has 1 aliphatic rings. The molecule has 5 heteroatoms. The number of carbonyl (C=O) groups is 2. The Hall–Kier alpha value is -4.12. The van der Waals surface area contributed by atoms with Crippen LogP contribution in [0, 0.1) is 13.8 Å². The number of Topliss-reactive ketones (excluding diaryl/α,β-unsaturated/α-hetero) is 1. The van der Waals surface area contributed by atoms with Crippen LogP contribution in [0.25, 0.3) is 17.0 Å². The van der Waals surface area contributed by atoms with E-state index in [-0.39, 0.29) is 11.5 Å². The molecule has 0 spiro atoms. The van der Waals surface area contributed by atoms with Gasteiger partial charge in [-0.1, -0.05) is 35.9 Å². The van der Waals surface area contributed by atoms with Crippen LogP contribution < -0.4 is 9.47 Å². The lowest BCUT2D eigenvalue weighted by Crippen LogP contribution is -2.09. The Bertz CT molecular complexity index is 1420. The number of hydrogen-bond acceptors (Lipinski definition) is 4. The van der Waals surface area contributed by atoms with Gasteiger partial charge < -0.3 is 14.0 Å². The predicted octanol–water partition coefficient (Wildman–Crippen LogP) is 5.63. The number of allylic oxidation sites excluding steroid dienone is 1. The summed E-state index contributed by atoms with van der Waals surface area (Å²) in [7, 11) is 1.97. The first-order chi connectivity index (χ1) is 15.4. The molecule has 0 bridgehead atoms. The van der Waals surface area contributed by atoms with Crippen LogP contribution in [-0.4, -0.2) is 16.3 Å². The number of rotatable bonds is 3. The zero-order valence-electron chi connectivity index (χ0n) is 18.0. The Morgan fingerprint density at radius 1 is 1.00 bits per heavy atom. The molecular weight excluding hydrogens is 402 g/mol. The van der Waals surface area contributed by atoms with Gasteiger partial charge in [0, 0.05) is 35.3 Å². The highest BCUT2D eigenvalue weighted by Gasteiger charge is 2.31. The topological polar surface area (TPSA) is 57.5 Å². The van der Waals surface area contributed by atoms with E-state index in [9.17, 15) is 9.59 Å². The molecule has 0 unspecified atom stereocenters. The average molecular weight is 423 g/mol. The molecule has 0 atom stereocenters. The Morgan fingerprint density at radius 3 is 2.53 bits per heavy atom. The van der Waals surface area contributed by atoms with Gasteiger partial charge in [-0.05, 0) is 50.3 Å². The molecule has 32 heavy (non-hydrogen) atoms. The number of aromatic nitrogens is 1. The molecule has 1 aromatic heterocycles. The minimum Gasteiger partial charge on any atom is -0.452 e. The summed E-state index contributed by atoms with van der Waals surface area (Å²) in [5, 5.41) is 1.04. The second-order valence-corrected chi connectivity index (χ2v) is 7.97. The minimum atomic E-state index is -0.455. The first-order valence-corrected chi connectivity index (χ1v) is 10.3. The fourth-order valence-corrected chi connectivity index (χ4v) is 3.96. The molecule has 3 aromatic carbocycles. The van der Waals surface area contributed by atoms with Gasteiger partial charge in [0.05, 0.1) is 11.1 Å². The van der Waals surface area contributed by atoms with E-state index in [0.717, 1.165) is 22.0 Å². The molecule has 1 aliphatic heterocycles. The number of ketones is 1. The molecule has 0 saturated heterocycles. The Kier molecular flexibility index (Phi) is 4.67. The second-order valence-electron chi connectivity index (χ2n) is 7.97. The predicted molar refractivity (Wildman–Crippen MR) is 123 cm³/mol. The third-order valence-electron chi connectivity index (χ3n) is 5.74. The SMILES string of the molecule is Cc1ccc(C(=O)Oc2ccc3c(c2C)O/C(=C/c2cn(C)c4ccccc24)C3=O)cc1. The molecule has 0 N–H and O–H groups in total. The van der Waals surface area contributed by atoms with E-state index >= 15 is 0 Å². The van der Waals surface area contributed by atoms with Crippen LogP contribution in [0.15, 0.2) is 72.6 Å². The van der Waals surface area contributed by atoms with Crippen molar-refractivity contribution in [1.82, 2.24) is 4.57 Å². The highest BCUT2D eigenvalue weighted by molar-refractivity contribution is 6.15. The number of fused-ring (bicyclic) bond motifs is 2. The van der Waals surface area contributed by atoms with Crippen molar-refractivity contribution in [2.75, 3.05) is 0 Å². The normalized spacial score (nSPS) is 14.0. The van der Waals surface area contributed by atoms with Gasteiger partial charge in [0.15, 0.2) is 5.76 Å². The molecular formula is C27H21NO4. The van der Waals surface area contributed by atoms with Gasteiger partial charge in [0.25, 0.3) is 0 Å². The quantitative estimate of drug-likeness (QED) is 0.243. The van der Waals surface area contributed by atoms with Gasteiger partial charge in [-0.2, -0.15) is 0 Å². The standard InChI is InChI=1S/C27H21NO4/c1-16-8-10-18(11-9-16)27(30)32-23-13-12-21-25(29)24(31-26(21)17(23)2)14-19-15-28(3)22-7-5-4-6-20(19)22/h4-15H,1-3H3/b24-14+. The first-order valence-electron chi connectivity index (χ1n) is 10.3. The molecule has 2 heterocycles. The molecule has 0 aliphatic carbocycles. The monoisotopic (exact) mass is 423 g/mol. The number of hydrogen-bond donors (Lipinski definition) is 0. The van der Waals surface area contributed by atoms with E-state index in [1.807, 2.05) is 61.1 Å². The summed E-state index contributed by atoms with van der Waals surface area (Å²) in [5.41, 5.74) is 4.57. The molecule has 4 aromatic rings. The van der Waals surface area contributed by atoms with Gasteiger partial charge in [-0.25, -0.2) is 4.79 Å². The lowest BCUT2D eigenvalue weighted by molar-refractivity contribution is 0.0733. The van der Waals surface area contributed by atoms with E-state index in [2.05, 4.69) is 0 Å². The number of nitrogens with zero attached hydrogens (tertiary/aromatic N) is 1. The maximum Gasteiger partial charge on any atom is 0.343 e. The summed E-state index contributed by atoms with van der Waals surface area (Å²) in [6.45, 7) is 3.74. The largest absolute Gasteiger partial charge is 0.452 e. The van der Waals surface area contributed by atoms with E-state index in [4.69, 9.17) is 9.47 Å². The molecule has 5 rings (SSSR count). The van der Waals surface area contributed by atoms with Crippen LogP contribution in [0.1, 0.15) is 37.4 Å². The maximum atomic E-state index is 13.0. The van der Waals surface area contributed by atoms with Gasteiger partial charge >= 0.3 is 5.97 Å². The lowest BCUT2D eigenvalue weighted by atomic mass is 10.1. The summed E-state index contributed by atoms with van der Waals surface area (Å²) < 4.78 is 13.6. The van der Waals surface area contributed by atoms with E-state index in [1.165, 1.54) is 0 Å². The smallest absolute Gasteiger partial charge is 0.343 e.